The maximum atomic E-state index is 12.7. The fraction of sp³-hybridized carbons (Fsp3) is 0.273. The lowest BCUT2D eigenvalue weighted by molar-refractivity contribution is -0.111. The van der Waals surface area contributed by atoms with E-state index in [1.54, 1.807) is 12.1 Å². The number of hydrogen-bond donors (Lipinski definition) is 1. The van der Waals surface area contributed by atoms with E-state index in [0.717, 1.165) is 42.6 Å². The molecule has 1 heterocycles. The Hall–Kier alpha value is -2.59. The summed E-state index contributed by atoms with van der Waals surface area (Å²) < 4.78 is 0. The largest absolute Gasteiger partial charge is 0.339 e. The lowest BCUT2D eigenvalue weighted by atomic mass is 10.1. The highest BCUT2D eigenvalue weighted by atomic mass is 35.5. The van der Waals surface area contributed by atoms with Gasteiger partial charge in [-0.05, 0) is 67.7 Å². The smallest absolute Gasteiger partial charge is 0.254 e. The standard InChI is InChI=1S/C22H23ClN2O2/c1-15-8-9-17(14-19(15)23)10-11-21(26)24-20-7-5-6-18(16(20)2)22(27)25-12-3-4-13-25/h5-11,14H,3-4,12-13H2,1-2H3,(H,24,26)/b11-10+. The van der Waals surface area contributed by atoms with Gasteiger partial charge >= 0.3 is 0 Å². The molecule has 2 aromatic carbocycles. The number of halogens is 1. The van der Waals surface area contributed by atoms with Crippen LogP contribution in [0.1, 0.15) is 39.9 Å². The first-order valence-electron chi connectivity index (χ1n) is 9.10. The number of likely N-dealkylation sites (tertiary alicyclic amines) is 1. The third kappa shape index (κ3) is 4.58. The minimum absolute atomic E-state index is 0.0333. The van der Waals surface area contributed by atoms with Gasteiger partial charge in [-0.15, -0.1) is 0 Å². The van der Waals surface area contributed by atoms with Gasteiger partial charge in [-0.3, -0.25) is 9.59 Å². The van der Waals surface area contributed by atoms with Crippen LogP contribution in [0.25, 0.3) is 6.08 Å². The zero-order valence-corrected chi connectivity index (χ0v) is 16.3. The fourth-order valence-corrected chi connectivity index (χ4v) is 3.34. The highest BCUT2D eigenvalue weighted by molar-refractivity contribution is 6.31. The maximum absolute atomic E-state index is 12.7. The van der Waals surface area contributed by atoms with Gasteiger partial charge in [-0.2, -0.15) is 0 Å². The van der Waals surface area contributed by atoms with Gasteiger partial charge < -0.3 is 10.2 Å². The number of nitrogens with one attached hydrogen (secondary N) is 1. The van der Waals surface area contributed by atoms with Crippen LogP contribution in [-0.4, -0.2) is 29.8 Å². The molecule has 0 atom stereocenters. The quantitative estimate of drug-likeness (QED) is 0.769. The monoisotopic (exact) mass is 382 g/mol. The number of rotatable bonds is 4. The molecular weight excluding hydrogens is 360 g/mol. The van der Waals surface area contributed by atoms with Crippen molar-refractivity contribution in [1.29, 1.82) is 0 Å². The third-order valence-corrected chi connectivity index (χ3v) is 5.25. The Labute approximate surface area is 164 Å². The summed E-state index contributed by atoms with van der Waals surface area (Å²) in [5.74, 6) is -0.216. The zero-order valence-electron chi connectivity index (χ0n) is 15.6. The predicted molar refractivity (Wildman–Crippen MR) is 110 cm³/mol. The molecule has 0 unspecified atom stereocenters. The van der Waals surface area contributed by atoms with Crippen LogP contribution >= 0.6 is 11.6 Å². The number of aryl methyl sites for hydroxylation is 1. The molecule has 0 saturated carbocycles. The number of anilines is 1. The van der Waals surface area contributed by atoms with Gasteiger partial charge in [0.15, 0.2) is 0 Å². The molecule has 1 N–H and O–H groups in total. The van der Waals surface area contributed by atoms with Crippen LogP contribution in [0.3, 0.4) is 0 Å². The molecule has 1 aliphatic rings. The Balaban J connectivity index is 1.72. The summed E-state index contributed by atoms with van der Waals surface area (Å²) in [6.45, 7) is 5.40. The molecule has 5 heteroatoms. The lowest BCUT2D eigenvalue weighted by Crippen LogP contribution is -2.28. The van der Waals surface area contributed by atoms with Crippen LogP contribution in [0.2, 0.25) is 5.02 Å². The van der Waals surface area contributed by atoms with Crippen molar-refractivity contribution < 1.29 is 9.59 Å². The maximum Gasteiger partial charge on any atom is 0.254 e. The highest BCUT2D eigenvalue weighted by Crippen LogP contribution is 2.22. The second kappa shape index (κ2) is 8.40. The average molecular weight is 383 g/mol. The lowest BCUT2D eigenvalue weighted by Gasteiger charge is -2.18. The molecule has 2 aromatic rings. The fourth-order valence-electron chi connectivity index (χ4n) is 3.15. The number of amides is 2. The molecule has 0 aliphatic carbocycles. The third-order valence-electron chi connectivity index (χ3n) is 4.84. The summed E-state index contributed by atoms with van der Waals surface area (Å²) in [6.07, 6.45) is 5.29. The van der Waals surface area contributed by atoms with Gasteiger partial charge in [0.05, 0.1) is 0 Å². The van der Waals surface area contributed by atoms with E-state index >= 15 is 0 Å². The van der Waals surface area contributed by atoms with Crippen molar-refractivity contribution in [3.63, 3.8) is 0 Å². The van der Waals surface area contributed by atoms with Crippen LogP contribution in [0, 0.1) is 13.8 Å². The molecule has 0 spiro atoms. The Bertz CT molecular complexity index is 899. The molecule has 4 nitrogen and oxygen atoms in total. The summed E-state index contributed by atoms with van der Waals surface area (Å²) in [7, 11) is 0. The summed E-state index contributed by atoms with van der Waals surface area (Å²) in [4.78, 5) is 26.8. The van der Waals surface area contributed by atoms with E-state index in [0.29, 0.717) is 16.3 Å². The van der Waals surface area contributed by atoms with E-state index in [1.165, 1.54) is 6.08 Å². The van der Waals surface area contributed by atoms with Crippen molar-refractivity contribution in [3.05, 3.63) is 69.8 Å². The molecule has 0 aromatic heterocycles. The highest BCUT2D eigenvalue weighted by Gasteiger charge is 2.21. The average Bonchev–Trinajstić information content (AvgIpc) is 3.19. The predicted octanol–water partition coefficient (Wildman–Crippen LogP) is 4.84. The van der Waals surface area contributed by atoms with Gasteiger partial charge in [0.25, 0.3) is 5.91 Å². The first-order chi connectivity index (χ1) is 13.0. The number of carbonyl (C=O) groups is 2. The van der Waals surface area contributed by atoms with Crippen LogP contribution in [0.5, 0.6) is 0 Å². The van der Waals surface area contributed by atoms with Crippen LogP contribution in [-0.2, 0) is 4.79 Å². The minimum atomic E-state index is -0.249. The second-order valence-corrected chi connectivity index (χ2v) is 7.22. The Morgan fingerprint density at radius 1 is 1.11 bits per heavy atom. The van der Waals surface area contributed by atoms with Gasteiger partial charge in [0.2, 0.25) is 5.91 Å². The Morgan fingerprint density at radius 3 is 2.56 bits per heavy atom. The second-order valence-electron chi connectivity index (χ2n) is 6.81. The normalized spacial score (nSPS) is 14.0. The number of hydrogen-bond acceptors (Lipinski definition) is 2. The van der Waals surface area contributed by atoms with E-state index < -0.39 is 0 Å². The summed E-state index contributed by atoms with van der Waals surface area (Å²) >= 11 is 6.11. The number of nitrogens with zero attached hydrogens (tertiary/aromatic N) is 1. The molecular formula is C22H23ClN2O2. The van der Waals surface area contributed by atoms with Crippen molar-refractivity contribution >= 4 is 35.2 Å². The summed E-state index contributed by atoms with van der Waals surface area (Å²) in [5.41, 5.74) is 3.93. The van der Waals surface area contributed by atoms with Crippen LogP contribution in [0.15, 0.2) is 42.5 Å². The molecule has 27 heavy (non-hydrogen) atoms. The SMILES string of the molecule is Cc1ccc(/C=C/C(=O)Nc2cccc(C(=O)N3CCCC3)c2C)cc1Cl. The van der Waals surface area contributed by atoms with Crippen LogP contribution < -0.4 is 5.32 Å². The molecule has 0 radical (unpaired) electrons. The summed E-state index contributed by atoms with van der Waals surface area (Å²) in [6, 6.07) is 11.1. The molecule has 1 fully saturated rings. The van der Waals surface area contributed by atoms with Gasteiger partial charge in [-0.1, -0.05) is 29.8 Å². The molecule has 2 amide bonds. The van der Waals surface area contributed by atoms with Crippen molar-refractivity contribution in [2.45, 2.75) is 26.7 Å². The first-order valence-corrected chi connectivity index (χ1v) is 9.47. The van der Waals surface area contributed by atoms with Crippen molar-refractivity contribution in [2.75, 3.05) is 18.4 Å². The van der Waals surface area contributed by atoms with E-state index in [1.807, 2.05) is 49.1 Å². The van der Waals surface area contributed by atoms with Gasteiger partial charge in [0, 0.05) is 35.4 Å². The molecule has 0 bridgehead atoms. The molecule has 1 saturated heterocycles. The Morgan fingerprint density at radius 2 is 1.85 bits per heavy atom. The van der Waals surface area contributed by atoms with Crippen LogP contribution in [0.4, 0.5) is 5.69 Å². The summed E-state index contributed by atoms with van der Waals surface area (Å²) in [5, 5.41) is 3.53. The van der Waals surface area contributed by atoms with Crippen molar-refractivity contribution in [2.24, 2.45) is 0 Å². The zero-order chi connectivity index (χ0) is 19.4. The number of benzene rings is 2. The molecule has 3 rings (SSSR count). The van der Waals surface area contributed by atoms with Crippen molar-refractivity contribution in [1.82, 2.24) is 4.90 Å². The van der Waals surface area contributed by atoms with Crippen molar-refractivity contribution in [3.8, 4) is 0 Å². The molecule has 1 aliphatic heterocycles. The Kier molecular flexibility index (Phi) is 5.97. The van der Waals surface area contributed by atoms with Gasteiger partial charge in [0.1, 0.15) is 0 Å². The molecule has 140 valence electrons. The van der Waals surface area contributed by atoms with Gasteiger partial charge in [-0.25, -0.2) is 0 Å². The van der Waals surface area contributed by atoms with E-state index in [-0.39, 0.29) is 11.8 Å². The number of carbonyl (C=O) groups excluding carboxylic acids is 2. The van der Waals surface area contributed by atoms with E-state index in [9.17, 15) is 9.59 Å². The topological polar surface area (TPSA) is 49.4 Å². The minimum Gasteiger partial charge on any atom is -0.339 e. The van der Waals surface area contributed by atoms with E-state index in [2.05, 4.69) is 5.32 Å². The van der Waals surface area contributed by atoms with E-state index in [4.69, 9.17) is 11.6 Å². The first kappa shape index (κ1) is 19.2.